The molecule has 1 aromatic carbocycles. The van der Waals surface area contributed by atoms with Gasteiger partial charge < -0.3 is 19.7 Å². The van der Waals surface area contributed by atoms with E-state index in [0.717, 1.165) is 5.56 Å². The standard InChI is InChI=1S/C14H22N2O3/c1-5-16(3)14(17)10-19-13-8-12(18-4)7-6-11(13)9-15-2/h6-8,15H,5,9-10H2,1-4H3. The zero-order valence-corrected chi connectivity index (χ0v) is 12.0. The molecule has 0 saturated heterocycles. The van der Waals surface area contributed by atoms with E-state index >= 15 is 0 Å². The molecule has 5 nitrogen and oxygen atoms in total. The second-order valence-corrected chi connectivity index (χ2v) is 4.20. The smallest absolute Gasteiger partial charge is 0.260 e. The highest BCUT2D eigenvalue weighted by atomic mass is 16.5. The van der Waals surface area contributed by atoms with Crippen LogP contribution in [0.3, 0.4) is 0 Å². The van der Waals surface area contributed by atoms with Crippen LogP contribution >= 0.6 is 0 Å². The van der Waals surface area contributed by atoms with Gasteiger partial charge in [0.2, 0.25) is 0 Å². The van der Waals surface area contributed by atoms with Crippen molar-refractivity contribution < 1.29 is 14.3 Å². The Labute approximate surface area is 114 Å². The van der Waals surface area contributed by atoms with E-state index in [1.54, 1.807) is 25.1 Å². The van der Waals surface area contributed by atoms with Gasteiger partial charge >= 0.3 is 0 Å². The van der Waals surface area contributed by atoms with Gasteiger partial charge in [0.25, 0.3) is 5.91 Å². The molecule has 1 aromatic rings. The summed E-state index contributed by atoms with van der Waals surface area (Å²) in [6.07, 6.45) is 0. The Kier molecular flexibility index (Phi) is 6.15. The summed E-state index contributed by atoms with van der Waals surface area (Å²) in [5.41, 5.74) is 0.996. The fourth-order valence-electron chi connectivity index (χ4n) is 1.56. The monoisotopic (exact) mass is 266 g/mol. The van der Waals surface area contributed by atoms with Crippen LogP contribution in [-0.4, -0.2) is 45.2 Å². The second kappa shape index (κ2) is 7.63. The molecule has 5 heteroatoms. The van der Waals surface area contributed by atoms with Crippen molar-refractivity contribution in [3.05, 3.63) is 23.8 Å². The number of benzene rings is 1. The Morgan fingerprint density at radius 2 is 2.16 bits per heavy atom. The largest absolute Gasteiger partial charge is 0.497 e. The Morgan fingerprint density at radius 3 is 2.74 bits per heavy atom. The van der Waals surface area contributed by atoms with Crippen molar-refractivity contribution in [1.82, 2.24) is 10.2 Å². The lowest BCUT2D eigenvalue weighted by Gasteiger charge is -2.16. The first-order valence-corrected chi connectivity index (χ1v) is 6.30. The van der Waals surface area contributed by atoms with E-state index in [2.05, 4.69) is 5.32 Å². The van der Waals surface area contributed by atoms with E-state index in [0.29, 0.717) is 24.6 Å². The first-order valence-electron chi connectivity index (χ1n) is 6.30. The molecule has 0 saturated carbocycles. The molecule has 1 amide bonds. The maximum absolute atomic E-state index is 11.7. The second-order valence-electron chi connectivity index (χ2n) is 4.20. The van der Waals surface area contributed by atoms with Crippen molar-refractivity contribution in [3.63, 3.8) is 0 Å². The lowest BCUT2D eigenvalue weighted by Crippen LogP contribution is -2.31. The number of carbonyl (C=O) groups is 1. The molecule has 19 heavy (non-hydrogen) atoms. The third kappa shape index (κ3) is 4.44. The Bertz CT molecular complexity index is 421. The zero-order chi connectivity index (χ0) is 14.3. The van der Waals surface area contributed by atoms with Gasteiger partial charge in [-0.3, -0.25) is 4.79 Å². The lowest BCUT2D eigenvalue weighted by molar-refractivity contribution is -0.131. The van der Waals surface area contributed by atoms with Gasteiger partial charge in [-0.25, -0.2) is 0 Å². The number of rotatable bonds is 7. The summed E-state index contributed by atoms with van der Waals surface area (Å²) in [5.74, 6) is 1.35. The van der Waals surface area contributed by atoms with Gasteiger partial charge in [-0.2, -0.15) is 0 Å². The van der Waals surface area contributed by atoms with Crippen LogP contribution in [0.25, 0.3) is 0 Å². The maximum Gasteiger partial charge on any atom is 0.260 e. The molecule has 0 aliphatic rings. The minimum Gasteiger partial charge on any atom is -0.497 e. The van der Waals surface area contributed by atoms with Gasteiger partial charge in [-0.15, -0.1) is 0 Å². The zero-order valence-electron chi connectivity index (χ0n) is 12.0. The molecule has 1 N–H and O–H groups in total. The summed E-state index contributed by atoms with van der Waals surface area (Å²) in [5, 5.41) is 3.07. The van der Waals surface area contributed by atoms with Crippen LogP contribution < -0.4 is 14.8 Å². The summed E-state index contributed by atoms with van der Waals surface area (Å²) < 4.78 is 10.8. The highest BCUT2D eigenvalue weighted by Gasteiger charge is 2.10. The number of ether oxygens (including phenoxy) is 2. The average Bonchev–Trinajstić information content (AvgIpc) is 2.45. The molecule has 0 radical (unpaired) electrons. The van der Waals surface area contributed by atoms with E-state index in [9.17, 15) is 4.79 Å². The average molecular weight is 266 g/mol. The molecule has 0 unspecified atom stereocenters. The molecule has 0 aromatic heterocycles. The summed E-state index contributed by atoms with van der Waals surface area (Å²) >= 11 is 0. The molecule has 0 bridgehead atoms. The molecular weight excluding hydrogens is 244 g/mol. The number of methoxy groups -OCH3 is 1. The molecule has 0 atom stereocenters. The van der Waals surface area contributed by atoms with Gasteiger partial charge in [0.05, 0.1) is 7.11 Å². The summed E-state index contributed by atoms with van der Waals surface area (Å²) in [6.45, 7) is 3.31. The Morgan fingerprint density at radius 1 is 1.42 bits per heavy atom. The maximum atomic E-state index is 11.7. The highest BCUT2D eigenvalue weighted by molar-refractivity contribution is 5.77. The van der Waals surface area contributed by atoms with Gasteiger partial charge in [-0.05, 0) is 20.0 Å². The van der Waals surface area contributed by atoms with Crippen molar-refractivity contribution in [1.29, 1.82) is 0 Å². The topological polar surface area (TPSA) is 50.8 Å². The third-order valence-corrected chi connectivity index (χ3v) is 2.89. The Hall–Kier alpha value is -1.75. The van der Waals surface area contributed by atoms with Crippen molar-refractivity contribution in [2.75, 3.05) is 34.4 Å². The van der Waals surface area contributed by atoms with Crippen molar-refractivity contribution in [2.45, 2.75) is 13.5 Å². The van der Waals surface area contributed by atoms with Gasteiger partial charge in [0.1, 0.15) is 11.5 Å². The van der Waals surface area contributed by atoms with Crippen LogP contribution in [0.1, 0.15) is 12.5 Å². The van der Waals surface area contributed by atoms with Crippen molar-refractivity contribution in [2.24, 2.45) is 0 Å². The minimum atomic E-state index is -0.0410. The first-order chi connectivity index (χ1) is 9.12. The van der Waals surface area contributed by atoms with Crippen LogP contribution in [0.4, 0.5) is 0 Å². The van der Waals surface area contributed by atoms with E-state index in [4.69, 9.17) is 9.47 Å². The predicted molar refractivity (Wildman–Crippen MR) is 74.6 cm³/mol. The minimum absolute atomic E-state index is 0.0359. The summed E-state index contributed by atoms with van der Waals surface area (Å²) in [7, 11) is 5.22. The normalized spacial score (nSPS) is 10.1. The SMILES string of the molecule is CCN(C)C(=O)COc1cc(OC)ccc1CNC. The van der Waals surface area contributed by atoms with E-state index in [1.165, 1.54) is 0 Å². The van der Waals surface area contributed by atoms with E-state index < -0.39 is 0 Å². The molecule has 0 spiro atoms. The van der Waals surface area contributed by atoms with E-state index in [-0.39, 0.29) is 12.5 Å². The summed E-state index contributed by atoms with van der Waals surface area (Å²) in [6, 6.07) is 5.60. The van der Waals surface area contributed by atoms with Crippen LogP contribution in [0.5, 0.6) is 11.5 Å². The van der Waals surface area contributed by atoms with Gasteiger partial charge in [-0.1, -0.05) is 6.07 Å². The number of nitrogens with one attached hydrogen (secondary N) is 1. The number of nitrogens with zero attached hydrogens (tertiary/aromatic N) is 1. The first kappa shape index (κ1) is 15.3. The van der Waals surface area contributed by atoms with Crippen LogP contribution in [0.15, 0.2) is 18.2 Å². The number of likely N-dealkylation sites (N-methyl/N-ethyl adjacent to an activating group) is 1. The van der Waals surface area contributed by atoms with Crippen molar-refractivity contribution in [3.8, 4) is 11.5 Å². The van der Waals surface area contributed by atoms with Gasteiger partial charge in [0, 0.05) is 31.8 Å². The van der Waals surface area contributed by atoms with Gasteiger partial charge in [0.15, 0.2) is 6.61 Å². The van der Waals surface area contributed by atoms with Crippen LogP contribution in [0, 0.1) is 0 Å². The molecular formula is C14H22N2O3. The molecule has 0 heterocycles. The molecule has 0 fully saturated rings. The lowest BCUT2D eigenvalue weighted by atomic mass is 10.2. The molecule has 106 valence electrons. The van der Waals surface area contributed by atoms with E-state index in [1.807, 2.05) is 26.1 Å². The number of amides is 1. The number of hydrogen-bond acceptors (Lipinski definition) is 4. The number of carbonyl (C=O) groups excluding carboxylic acids is 1. The van der Waals surface area contributed by atoms with Crippen LogP contribution in [-0.2, 0) is 11.3 Å². The van der Waals surface area contributed by atoms with Crippen LogP contribution in [0.2, 0.25) is 0 Å². The van der Waals surface area contributed by atoms with Crippen molar-refractivity contribution >= 4 is 5.91 Å². The summed E-state index contributed by atoms with van der Waals surface area (Å²) in [4.78, 5) is 13.3. The third-order valence-electron chi connectivity index (χ3n) is 2.89. The fourth-order valence-corrected chi connectivity index (χ4v) is 1.56. The molecule has 0 aliphatic heterocycles. The Balaban J connectivity index is 2.76. The molecule has 0 aliphatic carbocycles. The predicted octanol–water partition coefficient (Wildman–Crippen LogP) is 1.27. The fraction of sp³-hybridized carbons (Fsp3) is 0.500. The molecule has 1 rings (SSSR count). The highest BCUT2D eigenvalue weighted by Crippen LogP contribution is 2.24. The number of hydrogen-bond donors (Lipinski definition) is 1. The quantitative estimate of drug-likeness (QED) is 0.807.